The summed E-state index contributed by atoms with van der Waals surface area (Å²) >= 11 is 11.2. The Morgan fingerprint density at radius 2 is 2.26 bits per heavy atom. The Bertz CT molecular complexity index is 974. The Hall–Kier alpha value is -1.57. The maximum absolute atomic E-state index is 13.0. The standard InChI is InChI=1S/C19H20BrClN2O3S/c1-19(2,3)26-18(24)23(10-12-6-5-9-25-12)14-7-4-8-15(21)22-16-13(20)11-27-17(14)16/h5-6,8-9,11H,4,7,10H2,1-3H3/b15-8-,17-14-,22-16+. The summed E-state index contributed by atoms with van der Waals surface area (Å²) in [7, 11) is 0. The van der Waals surface area contributed by atoms with Crippen LogP contribution in [-0.4, -0.2) is 16.6 Å². The van der Waals surface area contributed by atoms with Crippen molar-refractivity contribution in [2.45, 2.75) is 45.8 Å². The highest BCUT2D eigenvalue weighted by atomic mass is 79.9. The van der Waals surface area contributed by atoms with Crippen LogP contribution in [0.1, 0.15) is 39.4 Å². The first kappa shape index (κ1) is 20.2. The van der Waals surface area contributed by atoms with E-state index in [9.17, 15) is 4.79 Å². The Morgan fingerprint density at radius 1 is 1.48 bits per heavy atom. The van der Waals surface area contributed by atoms with Gasteiger partial charge in [-0.25, -0.2) is 9.79 Å². The molecule has 0 bridgehead atoms. The number of hydrogen-bond donors (Lipinski definition) is 0. The number of furan rings is 1. The van der Waals surface area contributed by atoms with Gasteiger partial charge in [0.15, 0.2) is 0 Å². The van der Waals surface area contributed by atoms with E-state index >= 15 is 0 Å². The van der Waals surface area contributed by atoms with Crippen LogP contribution in [0.5, 0.6) is 0 Å². The molecule has 2 aromatic rings. The highest BCUT2D eigenvalue weighted by Gasteiger charge is 2.27. The van der Waals surface area contributed by atoms with Crippen molar-refractivity contribution in [2.24, 2.45) is 4.99 Å². The molecule has 144 valence electrons. The average molecular weight is 472 g/mol. The number of halogens is 2. The fourth-order valence-corrected chi connectivity index (χ4v) is 4.48. The van der Waals surface area contributed by atoms with Gasteiger partial charge in [0.2, 0.25) is 0 Å². The van der Waals surface area contributed by atoms with E-state index in [0.29, 0.717) is 23.8 Å². The molecular weight excluding hydrogens is 452 g/mol. The zero-order valence-electron chi connectivity index (χ0n) is 15.3. The molecule has 0 saturated carbocycles. The first-order valence-electron chi connectivity index (χ1n) is 8.48. The Morgan fingerprint density at radius 3 is 2.93 bits per heavy atom. The predicted octanol–water partition coefficient (Wildman–Crippen LogP) is 5.14. The monoisotopic (exact) mass is 470 g/mol. The van der Waals surface area contributed by atoms with Gasteiger partial charge in [-0.1, -0.05) is 11.6 Å². The minimum Gasteiger partial charge on any atom is -0.467 e. The Labute approximate surface area is 175 Å². The highest BCUT2D eigenvalue weighted by molar-refractivity contribution is 9.10. The number of carbonyl (C=O) groups is 1. The van der Waals surface area contributed by atoms with Crippen LogP contribution in [0.3, 0.4) is 0 Å². The molecule has 0 aliphatic carbocycles. The molecule has 27 heavy (non-hydrogen) atoms. The molecule has 0 unspecified atom stereocenters. The molecule has 2 aromatic heterocycles. The van der Waals surface area contributed by atoms with Gasteiger partial charge in [-0.2, -0.15) is 0 Å². The lowest BCUT2D eigenvalue weighted by molar-refractivity contribution is 0.0326. The molecule has 0 N–H and O–H groups in total. The summed E-state index contributed by atoms with van der Waals surface area (Å²) in [4.78, 5) is 19.1. The topological polar surface area (TPSA) is 55.0 Å². The van der Waals surface area contributed by atoms with Gasteiger partial charge in [0.05, 0.1) is 27.2 Å². The fraction of sp³-hybridized carbons (Fsp3) is 0.368. The second kappa shape index (κ2) is 8.20. The summed E-state index contributed by atoms with van der Waals surface area (Å²) in [5.41, 5.74) is 0.239. The molecule has 1 aliphatic heterocycles. The lowest BCUT2D eigenvalue weighted by atomic mass is 10.2. The van der Waals surface area contributed by atoms with Crippen molar-refractivity contribution in [3.8, 4) is 0 Å². The van der Waals surface area contributed by atoms with Crippen molar-refractivity contribution < 1.29 is 13.9 Å². The third-order valence-corrected chi connectivity index (χ3v) is 5.89. The van der Waals surface area contributed by atoms with Crippen molar-refractivity contribution in [1.29, 1.82) is 0 Å². The summed E-state index contributed by atoms with van der Waals surface area (Å²) in [6.45, 7) is 5.83. The highest BCUT2D eigenvalue weighted by Crippen LogP contribution is 2.23. The van der Waals surface area contributed by atoms with Gasteiger partial charge in [0.25, 0.3) is 0 Å². The third-order valence-electron chi connectivity index (χ3n) is 3.73. The molecule has 0 saturated heterocycles. The normalized spacial score (nSPS) is 19.7. The molecule has 3 heterocycles. The quantitative estimate of drug-likeness (QED) is 0.582. The number of carbonyl (C=O) groups excluding carboxylic acids is 1. The van der Waals surface area contributed by atoms with Crippen LogP contribution in [0.15, 0.2) is 48.9 Å². The number of fused-ring (bicyclic) bond motifs is 1. The Balaban J connectivity index is 2.14. The zero-order chi connectivity index (χ0) is 19.6. The average Bonchev–Trinajstić information content (AvgIpc) is 3.17. The molecule has 0 fully saturated rings. The van der Waals surface area contributed by atoms with Crippen LogP contribution in [0.2, 0.25) is 0 Å². The van der Waals surface area contributed by atoms with E-state index in [4.69, 9.17) is 20.8 Å². The number of ether oxygens (including phenoxy) is 1. The SMILES string of the molecule is CC(C)(C)OC(=O)N(Cc1ccco1)\C1=c2/scc(Br)/c2=N\C(Cl)=C/CC1. The lowest BCUT2D eigenvalue weighted by Gasteiger charge is -2.28. The van der Waals surface area contributed by atoms with Crippen molar-refractivity contribution >= 4 is 50.7 Å². The number of hydrogen-bond acceptors (Lipinski definition) is 5. The molecule has 1 aliphatic rings. The Kier molecular flexibility index (Phi) is 6.13. The number of thiophene rings is 1. The minimum absolute atomic E-state index is 0.281. The molecule has 0 aromatic carbocycles. The number of nitrogens with zero attached hydrogens (tertiary/aromatic N) is 2. The molecule has 3 rings (SSSR count). The molecular formula is C19H20BrClN2O3S. The molecule has 0 spiro atoms. The molecule has 1 amide bonds. The van der Waals surface area contributed by atoms with Gasteiger partial charge in [-0.05, 0) is 67.8 Å². The largest absolute Gasteiger partial charge is 0.467 e. The summed E-state index contributed by atoms with van der Waals surface area (Å²) in [5, 5.41) is 3.12. The van der Waals surface area contributed by atoms with Crippen LogP contribution in [0, 0.1) is 0 Å². The van der Waals surface area contributed by atoms with E-state index in [-0.39, 0.29) is 6.54 Å². The van der Waals surface area contributed by atoms with Crippen molar-refractivity contribution in [3.63, 3.8) is 0 Å². The lowest BCUT2D eigenvalue weighted by Crippen LogP contribution is -2.39. The first-order chi connectivity index (χ1) is 12.7. The van der Waals surface area contributed by atoms with Gasteiger partial charge in [0, 0.05) is 11.1 Å². The predicted molar refractivity (Wildman–Crippen MR) is 110 cm³/mol. The van der Waals surface area contributed by atoms with Gasteiger partial charge in [0.1, 0.15) is 16.5 Å². The maximum Gasteiger partial charge on any atom is 0.415 e. The van der Waals surface area contributed by atoms with Crippen LogP contribution >= 0.6 is 38.9 Å². The molecule has 5 nitrogen and oxygen atoms in total. The van der Waals surface area contributed by atoms with Gasteiger partial charge >= 0.3 is 6.09 Å². The summed E-state index contributed by atoms with van der Waals surface area (Å²) in [6.07, 6.45) is 4.33. The third kappa shape index (κ3) is 5.03. The summed E-state index contributed by atoms with van der Waals surface area (Å²) in [6, 6.07) is 3.64. The van der Waals surface area contributed by atoms with Gasteiger partial charge < -0.3 is 9.15 Å². The van der Waals surface area contributed by atoms with E-state index in [2.05, 4.69) is 20.9 Å². The van der Waals surface area contributed by atoms with E-state index in [1.165, 1.54) is 11.3 Å². The minimum atomic E-state index is -0.604. The first-order valence-corrected chi connectivity index (χ1v) is 10.5. The van der Waals surface area contributed by atoms with Gasteiger partial charge in [-0.15, -0.1) is 11.3 Å². The van der Waals surface area contributed by atoms with Gasteiger partial charge in [-0.3, -0.25) is 4.90 Å². The van der Waals surface area contributed by atoms with Crippen LogP contribution in [0.4, 0.5) is 4.79 Å². The van der Waals surface area contributed by atoms with Crippen molar-refractivity contribution in [2.75, 3.05) is 0 Å². The smallest absolute Gasteiger partial charge is 0.415 e. The van der Waals surface area contributed by atoms with Crippen LogP contribution in [0.25, 0.3) is 5.70 Å². The van der Waals surface area contributed by atoms with Crippen LogP contribution in [-0.2, 0) is 11.3 Å². The van der Waals surface area contributed by atoms with E-state index in [0.717, 1.165) is 20.1 Å². The number of allylic oxidation sites excluding steroid dienone is 1. The zero-order valence-corrected chi connectivity index (χ0v) is 18.4. The number of amides is 1. The van der Waals surface area contributed by atoms with E-state index in [1.54, 1.807) is 17.2 Å². The summed E-state index contributed by atoms with van der Waals surface area (Å²) < 4.78 is 12.9. The second-order valence-corrected chi connectivity index (χ2v) is 9.15. The summed E-state index contributed by atoms with van der Waals surface area (Å²) in [5.74, 6) is 0.679. The molecule has 8 heteroatoms. The second-order valence-electron chi connectivity index (χ2n) is 7.03. The molecule has 0 atom stereocenters. The fourth-order valence-electron chi connectivity index (χ4n) is 2.64. The van der Waals surface area contributed by atoms with E-state index < -0.39 is 11.7 Å². The van der Waals surface area contributed by atoms with Crippen LogP contribution < -0.4 is 9.89 Å². The van der Waals surface area contributed by atoms with E-state index in [1.807, 2.05) is 38.3 Å². The number of rotatable bonds is 3. The van der Waals surface area contributed by atoms with Crippen molar-refractivity contribution in [3.05, 3.63) is 55.1 Å². The maximum atomic E-state index is 13.0. The van der Waals surface area contributed by atoms with Crippen molar-refractivity contribution in [1.82, 2.24) is 4.90 Å². The molecule has 0 radical (unpaired) electrons.